The summed E-state index contributed by atoms with van der Waals surface area (Å²) < 4.78 is 65.3. The highest BCUT2D eigenvalue weighted by molar-refractivity contribution is 6.74. The van der Waals surface area contributed by atoms with E-state index in [-0.39, 0.29) is 42.4 Å². The highest BCUT2D eigenvalue weighted by Crippen LogP contribution is 2.41. The van der Waals surface area contributed by atoms with Gasteiger partial charge in [-0.3, -0.25) is 4.79 Å². The molecule has 0 radical (unpaired) electrons. The van der Waals surface area contributed by atoms with Crippen LogP contribution in [0.25, 0.3) is 0 Å². The highest BCUT2D eigenvalue weighted by atomic mass is 28.4. The number of benzene rings is 1. The van der Waals surface area contributed by atoms with Crippen molar-refractivity contribution >= 4 is 22.6 Å². The Hall–Kier alpha value is -1.93. The number of halogens is 3. The second-order valence-electron chi connectivity index (χ2n) is 13.7. The van der Waals surface area contributed by atoms with Crippen LogP contribution in [0.3, 0.4) is 0 Å². The molecule has 0 spiro atoms. The molecule has 0 unspecified atom stereocenters. The summed E-state index contributed by atoms with van der Waals surface area (Å²) in [7, 11) is -4.11. The zero-order valence-corrected chi connectivity index (χ0v) is 33.2. The van der Waals surface area contributed by atoms with Crippen LogP contribution in [0.4, 0.5) is 13.2 Å². The SMILES string of the molecule is CC[Si](CC)(CC)O[C@H](/C=C/[C@@H]1[C@@H](C/C=C/CCCC(=O)OC(C)C)[C@@H](O)C[C@H]1O[Si](CC)(CC)CC)COc1cccc(C(F)(F)F)c1. The van der Waals surface area contributed by atoms with E-state index in [0.29, 0.717) is 25.7 Å². The molecule has 0 heterocycles. The average molecular weight is 729 g/mol. The zero-order chi connectivity index (χ0) is 36.7. The summed E-state index contributed by atoms with van der Waals surface area (Å²) in [5.74, 6) is -0.185. The molecule has 0 aliphatic heterocycles. The second-order valence-corrected chi connectivity index (χ2v) is 23.1. The molecule has 280 valence electrons. The lowest BCUT2D eigenvalue weighted by atomic mass is 9.89. The first kappa shape index (κ1) is 43.2. The van der Waals surface area contributed by atoms with Gasteiger partial charge >= 0.3 is 12.1 Å². The predicted molar refractivity (Wildman–Crippen MR) is 197 cm³/mol. The normalized spacial score (nSPS) is 21.2. The van der Waals surface area contributed by atoms with E-state index in [9.17, 15) is 23.1 Å². The van der Waals surface area contributed by atoms with Gasteiger partial charge in [-0.25, -0.2) is 0 Å². The van der Waals surface area contributed by atoms with Crippen molar-refractivity contribution in [3.8, 4) is 5.75 Å². The molecule has 0 amide bonds. The van der Waals surface area contributed by atoms with Crippen LogP contribution in [0, 0.1) is 11.8 Å². The molecule has 1 aliphatic carbocycles. The van der Waals surface area contributed by atoms with Crippen LogP contribution in [-0.4, -0.2) is 58.7 Å². The lowest BCUT2D eigenvalue weighted by Crippen LogP contribution is -2.42. The summed E-state index contributed by atoms with van der Waals surface area (Å²) in [5.41, 5.74) is -0.751. The van der Waals surface area contributed by atoms with E-state index in [1.807, 2.05) is 19.9 Å². The van der Waals surface area contributed by atoms with E-state index in [2.05, 4.69) is 59.8 Å². The molecular formula is C38H63F3O6Si2. The van der Waals surface area contributed by atoms with Crippen molar-refractivity contribution in [1.82, 2.24) is 0 Å². The molecule has 0 bridgehead atoms. The molecule has 1 N–H and O–H groups in total. The van der Waals surface area contributed by atoms with Crippen molar-refractivity contribution in [2.75, 3.05) is 6.61 Å². The van der Waals surface area contributed by atoms with E-state index in [4.69, 9.17) is 18.3 Å². The van der Waals surface area contributed by atoms with Crippen molar-refractivity contribution in [2.24, 2.45) is 11.8 Å². The van der Waals surface area contributed by atoms with Crippen LogP contribution < -0.4 is 4.74 Å². The molecule has 1 fully saturated rings. The Morgan fingerprint density at radius 1 is 0.980 bits per heavy atom. The second kappa shape index (κ2) is 20.8. The monoisotopic (exact) mass is 728 g/mol. The summed E-state index contributed by atoms with van der Waals surface area (Å²) in [4.78, 5) is 11.9. The van der Waals surface area contributed by atoms with Gasteiger partial charge in [0, 0.05) is 12.3 Å². The van der Waals surface area contributed by atoms with E-state index in [1.165, 1.54) is 12.1 Å². The molecular weight excluding hydrogens is 666 g/mol. The molecule has 0 saturated heterocycles. The fourth-order valence-electron chi connectivity index (χ4n) is 6.83. The molecule has 2 rings (SSSR count). The number of hydrogen-bond donors (Lipinski definition) is 1. The molecule has 1 aromatic carbocycles. The van der Waals surface area contributed by atoms with Gasteiger partial charge in [0.2, 0.25) is 0 Å². The number of allylic oxidation sites excluding steroid dienone is 2. The number of unbranched alkanes of at least 4 members (excludes halogenated alkanes) is 1. The average Bonchev–Trinajstić information content (AvgIpc) is 3.37. The van der Waals surface area contributed by atoms with Gasteiger partial charge in [0.15, 0.2) is 16.6 Å². The fourth-order valence-corrected chi connectivity index (χ4v) is 12.5. The number of hydrogen-bond acceptors (Lipinski definition) is 6. The van der Waals surface area contributed by atoms with E-state index in [0.717, 1.165) is 54.8 Å². The van der Waals surface area contributed by atoms with Crippen LogP contribution in [0.5, 0.6) is 5.75 Å². The van der Waals surface area contributed by atoms with Gasteiger partial charge in [0.25, 0.3) is 0 Å². The lowest BCUT2D eigenvalue weighted by molar-refractivity contribution is -0.147. The van der Waals surface area contributed by atoms with Crippen molar-refractivity contribution in [3.05, 3.63) is 54.1 Å². The number of ether oxygens (including phenoxy) is 2. The van der Waals surface area contributed by atoms with Crippen molar-refractivity contribution < 1.29 is 41.4 Å². The molecule has 49 heavy (non-hydrogen) atoms. The largest absolute Gasteiger partial charge is 0.491 e. The van der Waals surface area contributed by atoms with Gasteiger partial charge in [0.05, 0.1) is 30.0 Å². The number of alkyl halides is 3. The third kappa shape index (κ3) is 13.6. The highest BCUT2D eigenvalue weighted by Gasteiger charge is 2.45. The maximum Gasteiger partial charge on any atom is 0.416 e. The van der Waals surface area contributed by atoms with Crippen molar-refractivity contribution in [2.45, 2.75) is 154 Å². The van der Waals surface area contributed by atoms with E-state index >= 15 is 0 Å². The third-order valence-electron chi connectivity index (χ3n) is 10.4. The lowest BCUT2D eigenvalue weighted by Gasteiger charge is -2.35. The topological polar surface area (TPSA) is 74.2 Å². The van der Waals surface area contributed by atoms with Gasteiger partial charge in [-0.2, -0.15) is 13.2 Å². The van der Waals surface area contributed by atoms with E-state index < -0.39 is 40.6 Å². The zero-order valence-electron chi connectivity index (χ0n) is 31.2. The summed E-state index contributed by atoms with van der Waals surface area (Å²) in [6.07, 6.45) is 5.61. The van der Waals surface area contributed by atoms with Gasteiger partial charge < -0.3 is 23.4 Å². The van der Waals surface area contributed by atoms with Crippen molar-refractivity contribution in [3.63, 3.8) is 0 Å². The van der Waals surface area contributed by atoms with Crippen LogP contribution in [0.15, 0.2) is 48.6 Å². The Balaban J connectivity index is 2.36. The minimum absolute atomic E-state index is 0.0715. The standard InChI is InChI=1S/C38H63F3O6Si2/c1-9-48(10-2,11-3)46-32(28-44-31-21-19-20-30(26-31)38(39,40)41)24-25-34-33(22-17-15-16-18-23-37(43)45-29(7)8)35(42)27-36(34)47-49(12-4,13-5)14-6/h15,17,19-21,24-26,29,32-36,42H,9-14,16,18,22-23,27-28H2,1-8H3/b17-15+,25-24+/t32-,33-,34-,35+,36-/m1/s1. The summed E-state index contributed by atoms with van der Waals surface area (Å²) in [6.45, 7) is 16.8. The quantitative estimate of drug-likeness (QED) is 0.0555. The molecule has 0 aromatic heterocycles. The number of aliphatic hydroxyl groups excluding tert-OH is 1. The van der Waals surface area contributed by atoms with Gasteiger partial charge in [-0.05, 0) is 99.9 Å². The van der Waals surface area contributed by atoms with Gasteiger partial charge in [-0.1, -0.05) is 71.9 Å². The summed E-state index contributed by atoms with van der Waals surface area (Å²) >= 11 is 0. The van der Waals surface area contributed by atoms with E-state index in [1.54, 1.807) is 0 Å². The minimum atomic E-state index is -4.46. The number of carbonyl (C=O) groups excluding carboxylic acids is 1. The maximum atomic E-state index is 13.4. The van der Waals surface area contributed by atoms with Gasteiger partial charge in [0.1, 0.15) is 12.4 Å². The Labute approximate surface area is 296 Å². The first-order valence-corrected chi connectivity index (χ1v) is 23.6. The molecule has 5 atom stereocenters. The Morgan fingerprint density at radius 3 is 2.18 bits per heavy atom. The molecule has 1 aromatic rings. The van der Waals surface area contributed by atoms with Crippen LogP contribution in [0.1, 0.15) is 93.1 Å². The smallest absolute Gasteiger partial charge is 0.416 e. The predicted octanol–water partition coefficient (Wildman–Crippen LogP) is 10.5. The first-order valence-electron chi connectivity index (χ1n) is 18.6. The number of rotatable bonds is 22. The van der Waals surface area contributed by atoms with Crippen LogP contribution in [-0.2, 0) is 24.6 Å². The Bertz CT molecular complexity index is 1150. The molecule has 6 nitrogen and oxygen atoms in total. The molecule has 1 aliphatic rings. The Kier molecular flexibility index (Phi) is 18.4. The maximum absolute atomic E-state index is 13.4. The number of carbonyl (C=O) groups is 1. The van der Waals surface area contributed by atoms with Gasteiger partial charge in [-0.15, -0.1) is 0 Å². The fraction of sp³-hybridized carbons (Fsp3) is 0.711. The minimum Gasteiger partial charge on any atom is -0.491 e. The van der Waals surface area contributed by atoms with Crippen LogP contribution in [0.2, 0.25) is 36.3 Å². The molecule has 1 saturated carbocycles. The third-order valence-corrected chi connectivity index (χ3v) is 19.7. The van der Waals surface area contributed by atoms with Crippen LogP contribution >= 0.6 is 0 Å². The Morgan fingerprint density at radius 2 is 1.61 bits per heavy atom. The first-order chi connectivity index (χ1) is 23.2. The summed E-state index contributed by atoms with van der Waals surface area (Å²) in [5, 5.41) is 11.4. The number of esters is 1. The number of aliphatic hydroxyl groups is 1. The van der Waals surface area contributed by atoms with Crippen molar-refractivity contribution in [1.29, 1.82) is 0 Å². The summed E-state index contributed by atoms with van der Waals surface area (Å²) in [6, 6.07) is 10.7. The molecule has 11 heteroatoms.